The number of esters is 2. The molecule has 0 fully saturated rings. The summed E-state index contributed by atoms with van der Waals surface area (Å²) in [6, 6.07) is 0. The van der Waals surface area contributed by atoms with E-state index in [0.29, 0.717) is 24.0 Å². The molecule has 0 N–H and O–H groups in total. The van der Waals surface area contributed by atoms with E-state index in [9.17, 15) is 19.2 Å². The third-order valence-corrected chi connectivity index (χ3v) is 11.3. The number of benzene rings is 2. The van der Waals surface area contributed by atoms with E-state index < -0.39 is 11.2 Å². The molecule has 0 spiro atoms. The van der Waals surface area contributed by atoms with E-state index in [2.05, 4.69) is 41.5 Å². The van der Waals surface area contributed by atoms with Crippen molar-refractivity contribution in [3.05, 3.63) is 77.9 Å². The number of Topliss-reactive ketones (excluding diaryl/α,β-unsaturated/α-hetero) is 2. The minimum Gasteiger partial charge on any atom is -0.455 e. The number of allylic oxidation sites excluding steroid dienone is 2. The summed E-state index contributed by atoms with van der Waals surface area (Å²) in [6.45, 7) is 26.9. The molecule has 0 bridgehead atoms. The molecule has 2 aromatic rings. The highest BCUT2D eigenvalue weighted by molar-refractivity contribution is 6.10. The van der Waals surface area contributed by atoms with E-state index in [1.54, 1.807) is 0 Å². The Morgan fingerprint density at radius 2 is 0.857 bits per heavy atom. The van der Waals surface area contributed by atoms with Crippen LogP contribution < -0.4 is 0 Å². The second-order valence-electron chi connectivity index (χ2n) is 15.4. The predicted molar refractivity (Wildman–Crippen MR) is 197 cm³/mol. The molecule has 0 aliphatic heterocycles. The van der Waals surface area contributed by atoms with Crippen molar-refractivity contribution in [2.45, 2.75) is 153 Å². The minimum atomic E-state index is -0.917. The van der Waals surface area contributed by atoms with E-state index in [-0.39, 0.29) is 23.5 Å². The molecular formula is C43H56O6. The average Bonchev–Trinajstić information content (AvgIpc) is 2.98. The molecular weight excluding hydrogens is 612 g/mol. The summed E-state index contributed by atoms with van der Waals surface area (Å²) in [7, 11) is 0. The maximum absolute atomic E-state index is 13.3. The fraction of sp³-hybridized carbons (Fsp3) is 0.535. The van der Waals surface area contributed by atoms with Crippen LogP contribution in [-0.4, -0.2) is 34.7 Å². The quantitative estimate of drug-likeness (QED) is 0.186. The number of hydrogen-bond donors (Lipinski definition) is 0. The van der Waals surface area contributed by atoms with Crippen LogP contribution in [0.5, 0.6) is 0 Å². The molecule has 2 aliphatic rings. The largest absolute Gasteiger partial charge is 0.455 e. The zero-order chi connectivity index (χ0) is 36.9. The lowest BCUT2D eigenvalue weighted by atomic mass is 9.72. The highest BCUT2D eigenvalue weighted by atomic mass is 16.6. The third kappa shape index (κ3) is 6.98. The lowest BCUT2D eigenvalue weighted by Crippen LogP contribution is -2.34. The van der Waals surface area contributed by atoms with Crippen LogP contribution in [0.3, 0.4) is 0 Å². The van der Waals surface area contributed by atoms with Crippen LogP contribution in [0.4, 0.5) is 0 Å². The van der Waals surface area contributed by atoms with Crippen LogP contribution in [0.1, 0.15) is 141 Å². The van der Waals surface area contributed by atoms with Crippen molar-refractivity contribution in [3.8, 4) is 0 Å². The predicted octanol–water partition coefficient (Wildman–Crippen LogP) is 8.97. The smallest absolute Gasteiger partial charge is 0.303 e. The molecule has 0 saturated heterocycles. The van der Waals surface area contributed by atoms with Gasteiger partial charge >= 0.3 is 11.9 Å². The highest BCUT2D eigenvalue weighted by Crippen LogP contribution is 2.45. The summed E-state index contributed by atoms with van der Waals surface area (Å²) in [6.07, 6.45) is 5.70. The normalized spacial score (nSPS) is 15.1. The SMILES string of the molecule is CC(=O)OC(C)(C)C1=C(C)C(=O)Cc2c(C)c(CCCCCc3c(C)c(C)c4c(c3C)CC(=O)C(C)=C4C(C)(C)OC(C)=O)c(C)c(C)c21. The molecule has 6 nitrogen and oxygen atoms in total. The maximum atomic E-state index is 13.3. The molecule has 2 aromatic carbocycles. The fourth-order valence-corrected chi connectivity index (χ4v) is 8.80. The first-order chi connectivity index (χ1) is 22.6. The zero-order valence-electron chi connectivity index (χ0n) is 32.4. The summed E-state index contributed by atoms with van der Waals surface area (Å²) < 4.78 is 11.5. The molecule has 0 aromatic heterocycles. The van der Waals surface area contributed by atoms with Crippen molar-refractivity contribution in [3.63, 3.8) is 0 Å². The Bertz CT molecular complexity index is 1710. The van der Waals surface area contributed by atoms with Crippen LogP contribution in [0.15, 0.2) is 11.1 Å². The van der Waals surface area contributed by atoms with Gasteiger partial charge in [-0.05, 0) is 176 Å². The molecule has 2 aliphatic carbocycles. The van der Waals surface area contributed by atoms with Crippen molar-refractivity contribution in [2.24, 2.45) is 0 Å². The lowest BCUT2D eigenvalue weighted by molar-refractivity contribution is -0.150. The topological polar surface area (TPSA) is 86.7 Å². The summed E-state index contributed by atoms with van der Waals surface area (Å²) >= 11 is 0. The number of rotatable bonds is 10. The Morgan fingerprint density at radius 1 is 0.531 bits per heavy atom. The van der Waals surface area contributed by atoms with Crippen molar-refractivity contribution < 1.29 is 28.7 Å². The Balaban J connectivity index is 1.58. The van der Waals surface area contributed by atoms with Crippen LogP contribution >= 0.6 is 0 Å². The standard InChI is InChI=1S/C43H56O6/c1-22-24(3)38-34(20-36(46)28(7)40(38)42(11,12)48-30(9)44)26(5)32(22)18-16-15-17-19-33-23(2)25(4)39-35(27(33)6)21-37(47)29(8)41(39)43(13,14)49-31(10)45/h15-21H2,1-14H3. The molecule has 0 saturated carbocycles. The van der Waals surface area contributed by atoms with Crippen molar-refractivity contribution in [1.29, 1.82) is 0 Å². The number of ether oxygens (including phenoxy) is 2. The Kier molecular flexibility index (Phi) is 10.7. The third-order valence-electron chi connectivity index (χ3n) is 11.3. The van der Waals surface area contributed by atoms with Crippen LogP contribution in [-0.2, 0) is 54.3 Å². The number of fused-ring (bicyclic) bond motifs is 2. The maximum Gasteiger partial charge on any atom is 0.303 e. The molecule has 264 valence electrons. The molecule has 49 heavy (non-hydrogen) atoms. The molecule has 0 amide bonds. The number of unbranched alkanes of at least 4 members (excludes halogenated alkanes) is 2. The van der Waals surface area contributed by atoms with Gasteiger partial charge in [-0.25, -0.2) is 0 Å². The van der Waals surface area contributed by atoms with Gasteiger partial charge in [0, 0.05) is 49.0 Å². The summed E-state index contributed by atoms with van der Waals surface area (Å²) in [5.41, 5.74) is 15.2. The number of hydrogen-bond acceptors (Lipinski definition) is 6. The first-order valence-electron chi connectivity index (χ1n) is 17.8. The van der Waals surface area contributed by atoms with Gasteiger partial charge in [-0.1, -0.05) is 6.42 Å². The Hall–Kier alpha value is -3.80. The minimum absolute atomic E-state index is 0.0838. The van der Waals surface area contributed by atoms with E-state index in [1.807, 2.05) is 41.5 Å². The first-order valence-corrected chi connectivity index (χ1v) is 17.8. The number of ketones is 2. The van der Waals surface area contributed by atoms with Crippen molar-refractivity contribution >= 4 is 34.7 Å². The van der Waals surface area contributed by atoms with E-state index in [4.69, 9.17) is 9.47 Å². The summed E-state index contributed by atoms with van der Waals surface area (Å²) in [4.78, 5) is 50.5. The highest BCUT2D eigenvalue weighted by Gasteiger charge is 2.39. The zero-order valence-corrected chi connectivity index (χ0v) is 32.4. The van der Waals surface area contributed by atoms with Crippen molar-refractivity contribution in [2.75, 3.05) is 0 Å². The second-order valence-corrected chi connectivity index (χ2v) is 15.4. The van der Waals surface area contributed by atoms with Gasteiger partial charge < -0.3 is 9.47 Å². The van der Waals surface area contributed by atoms with E-state index >= 15 is 0 Å². The average molecular weight is 669 g/mol. The van der Waals surface area contributed by atoms with Gasteiger partial charge in [0.2, 0.25) is 0 Å². The van der Waals surface area contributed by atoms with Gasteiger partial charge in [0.25, 0.3) is 0 Å². The van der Waals surface area contributed by atoms with Gasteiger partial charge in [-0.15, -0.1) is 0 Å². The van der Waals surface area contributed by atoms with Gasteiger partial charge in [0.15, 0.2) is 11.6 Å². The molecule has 4 rings (SSSR count). The molecule has 0 heterocycles. The second kappa shape index (κ2) is 13.8. The Morgan fingerprint density at radius 3 is 1.16 bits per heavy atom. The molecule has 6 heteroatoms. The van der Waals surface area contributed by atoms with Gasteiger partial charge in [0.05, 0.1) is 0 Å². The van der Waals surface area contributed by atoms with Crippen LogP contribution in [0.2, 0.25) is 0 Å². The van der Waals surface area contributed by atoms with Crippen LogP contribution in [0, 0.1) is 41.5 Å². The molecule has 0 radical (unpaired) electrons. The number of carbonyl (C=O) groups is 4. The number of carbonyl (C=O) groups excluding carboxylic acids is 4. The molecule has 0 atom stereocenters. The van der Waals surface area contributed by atoms with Gasteiger partial charge in [-0.3, -0.25) is 19.2 Å². The summed E-state index contributed by atoms with van der Waals surface area (Å²) in [5.74, 6) is -0.560. The summed E-state index contributed by atoms with van der Waals surface area (Å²) in [5, 5.41) is 0. The molecule has 0 unspecified atom stereocenters. The van der Waals surface area contributed by atoms with E-state index in [0.717, 1.165) is 76.6 Å². The van der Waals surface area contributed by atoms with Crippen LogP contribution in [0.25, 0.3) is 11.1 Å². The lowest BCUT2D eigenvalue weighted by Gasteiger charge is -2.36. The Labute approximate surface area is 293 Å². The van der Waals surface area contributed by atoms with E-state index in [1.165, 1.54) is 47.2 Å². The van der Waals surface area contributed by atoms with Crippen molar-refractivity contribution in [1.82, 2.24) is 0 Å². The fourth-order valence-electron chi connectivity index (χ4n) is 8.80. The van der Waals surface area contributed by atoms with Gasteiger partial charge in [-0.2, -0.15) is 0 Å². The van der Waals surface area contributed by atoms with Gasteiger partial charge in [0.1, 0.15) is 11.2 Å². The first kappa shape index (κ1) is 38.0. The monoisotopic (exact) mass is 668 g/mol.